The van der Waals surface area contributed by atoms with E-state index < -0.39 is 6.03 Å². The van der Waals surface area contributed by atoms with Gasteiger partial charge in [-0.3, -0.25) is 0 Å². The van der Waals surface area contributed by atoms with Crippen molar-refractivity contribution in [1.82, 2.24) is 5.32 Å². The van der Waals surface area contributed by atoms with Crippen LogP contribution in [0.4, 0.5) is 4.79 Å². The minimum absolute atomic E-state index is 0.404. The van der Waals surface area contributed by atoms with Crippen LogP contribution in [-0.2, 0) is 0 Å². The van der Waals surface area contributed by atoms with Crippen LogP contribution in [0.3, 0.4) is 0 Å². The molecule has 0 saturated carbocycles. The average Bonchev–Trinajstić information content (AvgIpc) is 2.34. The van der Waals surface area contributed by atoms with Crippen LogP contribution in [0.2, 0.25) is 0 Å². The number of carbonyl (C=O) groups excluding carboxylic acids is 1. The zero-order chi connectivity index (χ0) is 12.1. The summed E-state index contributed by atoms with van der Waals surface area (Å²) in [7, 11) is 0. The molecular weight excluding hydrogens is 216 g/mol. The number of primary amides is 1. The van der Waals surface area contributed by atoms with Crippen LogP contribution in [0, 0.1) is 0 Å². The lowest BCUT2D eigenvalue weighted by Gasteiger charge is -2.07. The van der Waals surface area contributed by atoms with E-state index in [4.69, 9.17) is 10.5 Å². The van der Waals surface area contributed by atoms with Gasteiger partial charge in [-0.15, -0.1) is 0 Å². The molecule has 0 saturated heterocycles. The molecule has 0 spiro atoms. The van der Waals surface area contributed by atoms with E-state index in [2.05, 4.69) is 5.32 Å². The summed E-state index contributed by atoms with van der Waals surface area (Å²) in [5.74, 6) is 0.787. The van der Waals surface area contributed by atoms with Crippen LogP contribution in [0.5, 0.6) is 5.75 Å². The number of ether oxygens (including phenoxy) is 1. The maximum absolute atomic E-state index is 10.4. The maximum atomic E-state index is 10.4. The van der Waals surface area contributed by atoms with Crippen LogP contribution in [0.1, 0.15) is 0 Å². The lowest BCUT2D eigenvalue weighted by molar-refractivity contribution is 0.244. The maximum Gasteiger partial charge on any atom is 0.312 e. The Morgan fingerprint density at radius 1 is 1.18 bits per heavy atom. The number of fused-ring (bicyclic) bond motifs is 1. The van der Waals surface area contributed by atoms with E-state index in [1.54, 1.807) is 0 Å². The molecule has 2 rings (SSSR count). The van der Waals surface area contributed by atoms with E-state index in [0.29, 0.717) is 13.2 Å². The molecule has 0 heterocycles. The summed E-state index contributed by atoms with van der Waals surface area (Å²) in [6.07, 6.45) is 0. The molecule has 0 aliphatic carbocycles. The topological polar surface area (TPSA) is 64.4 Å². The van der Waals surface area contributed by atoms with Crippen LogP contribution >= 0.6 is 0 Å². The summed E-state index contributed by atoms with van der Waals surface area (Å²) in [4.78, 5) is 10.4. The van der Waals surface area contributed by atoms with E-state index in [9.17, 15) is 4.79 Å². The monoisotopic (exact) mass is 230 g/mol. The normalized spacial score (nSPS) is 10.1. The first-order valence-electron chi connectivity index (χ1n) is 5.40. The molecule has 2 aromatic rings. The van der Waals surface area contributed by atoms with Gasteiger partial charge < -0.3 is 15.8 Å². The number of amides is 2. The van der Waals surface area contributed by atoms with Crippen molar-refractivity contribution < 1.29 is 9.53 Å². The van der Waals surface area contributed by atoms with E-state index in [-0.39, 0.29) is 0 Å². The molecule has 4 heteroatoms. The highest BCUT2D eigenvalue weighted by molar-refractivity contribution is 5.83. The van der Waals surface area contributed by atoms with E-state index in [1.165, 1.54) is 5.39 Å². The van der Waals surface area contributed by atoms with Gasteiger partial charge in [-0.25, -0.2) is 4.79 Å². The standard InChI is InChI=1S/C13H14N2O2/c14-13(16)15-7-8-17-12-6-5-10-3-1-2-4-11(10)9-12/h1-6,9H,7-8H2,(H3,14,15,16). The van der Waals surface area contributed by atoms with Gasteiger partial charge in [-0.05, 0) is 22.9 Å². The molecule has 0 aromatic heterocycles. The van der Waals surface area contributed by atoms with Crippen LogP contribution in [-0.4, -0.2) is 19.2 Å². The van der Waals surface area contributed by atoms with Crippen molar-refractivity contribution in [2.45, 2.75) is 0 Å². The van der Waals surface area contributed by atoms with Gasteiger partial charge in [0, 0.05) is 0 Å². The molecule has 0 unspecified atom stereocenters. The number of nitrogens with one attached hydrogen (secondary N) is 1. The molecule has 4 nitrogen and oxygen atoms in total. The first kappa shape index (κ1) is 11.3. The predicted molar refractivity (Wildman–Crippen MR) is 67.0 cm³/mol. The highest BCUT2D eigenvalue weighted by Crippen LogP contribution is 2.20. The summed E-state index contributed by atoms with van der Waals surface area (Å²) in [5, 5.41) is 4.78. The van der Waals surface area contributed by atoms with Crippen molar-refractivity contribution in [3.8, 4) is 5.75 Å². The molecule has 0 radical (unpaired) electrons. The second-order valence-electron chi connectivity index (χ2n) is 3.65. The largest absolute Gasteiger partial charge is 0.492 e. The Hall–Kier alpha value is -2.23. The van der Waals surface area contributed by atoms with Crippen molar-refractivity contribution in [3.63, 3.8) is 0 Å². The molecule has 0 aliphatic heterocycles. The van der Waals surface area contributed by atoms with E-state index in [0.717, 1.165) is 11.1 Å². The zero-order valence-electron chi connectivity index (χ0n) is 9.35. The Kier molecular flexibility index (Phi) is 3.45. The fourth-order valence-electron chi connectivity index (χ4n) is 1.60. The number of hydrogen-bond donors (Lipinski definition) is 2. The summed E-state index contributed by atoms with van der Waals surface area (Å²) >= 11 is 0. The Morgan fingerprint density at radius 3 is 2.71 bits per heavy atom. The second kappa shape index (κ2) is 5.21. The summed E-state index contributed by atoms with van der Waals surface area (Å²) in [6, 6.07) is 13.4. The fourth-order valence-corrected chi connectivity index (χ4v) is 1.60. The molecule has 0 aliphatic rings. The van der Waals surface area contributed by atoms with Crippen molar-refractivity contribution in [2.75, 3.05) is 13.2 Å². The first-order valence-corrected chi connectivity index (χ1v) is 5.40. The van der Waals surface area contributed by atoms with Crippen molar-refractivity contribution in [2.24, 2.45) is 5.73 Å². The van der Waals surface area contributed by atoms with E-state index >= 15 is 0 Å². The zero-order valence-corrected chi connectivity index (χ0v) is 9.35. The molecule has 3 N–H and O–H groups in total. The first-order chi connectivity index (χ1) is 8.25. The molecule has 0 fully saturated rings. The molecule has 17 heavy (non-hydrogen) atoms. The highest BCUT2D eigenvalue weighted by Gasteiger charge is 1.97. The molecular formula is C13H14N2O2. The predicted octanol–water partition coefficient (Wildman–Crippen LogP) is 1.89. The molecule has 0 atom stereocenters. The quantitative estimate of drug-likeness (QED) is 0.788. The molecule has 2 aromatic carbocycles. The Labute approximate surface area is 99.4 Å². The Balaban J connectivity index is 1.97. The highest BCUT2D eigenvalue weighted by atomic mass is 16.5. The van der Waals surface area contributed by atoms with Crippen LogP contribution in [0.15, 0.2) is 42.5 Å². The van der Waals surface area contributed by atoms with Crippen molar-refractivity contribution in [1.29, 1.82) is 0 Å². The van der Waals surface area contributed by atoms with Gasteiger partial charge in [0.2, 0.25) is 0 Å². The fraction of sp³-hybridized carbons (Fsp3) is 0.154. The molecule has 88 valence electrons. The summed E-state index contributed by atoms with van der Waals surface area (Å²) in [6.45, 7) is 0.809. The van der Waals surface area contributed by atoms with Gasteiger partial charge in [-0.2, -0.15) is 0 Å². The minimum Gasteiger partial charge on any atom is -0.492 e. The number of urea groups is 1. The average molecular weight is 230 g/mol. The SMILES string of the molecule is NC(=O)NCCOc1ccc2ccccc2c1. The van der Waals surface area contributed by atoms with Gasteiger partial charge in [0.1, 0.15) is 12.4 Å². The van der Waals surface area contributed by atoms with Crippen LogP contribution in [0.25, 0.3) is 10.8 Å². The second-order valence-corrected chi connectivity index (χ2v) is 3.65. The number of nitrogens with two attached hydrogens (primary N) is 1. The molecule has 2 amide bonds. The Bertz CT molecular complexity index is 526. The number of benzene rings is 2. The lowest BCUT2D eigenvalue weighted by Crippen LogP contribution is -2.32. The van der Waals surface area contributed by atoms with Gasteiger partial charge in [0.15, 0.2) is 0 Å². The third-order valence-corrected chi connectivity index (χ3v) is 2.39. The van der Waals surface area contributed by atoms with Crippen molar-refractivity contribution >= 4 is 16.8 Å². The number of carbonyl (C=O) groups is 1. The van der Waals surface area contributed by atoms with Gasteiger partial charge in [0.25, 0.3) is 0 Å². The van der Waals surface area contributed by atoms with Gasteiger partial charge in [-0.1, -0.05) is 30.3 Å². The smallest absolute Gasteiger partial charge is 0.312 e. The van der Waals surface area contributed by atoms with Gasteiger partial charge >= 0.3 is 6.03 Å². The number of rotatable bonds is 4. The third-order valence-electron chi connectivity index (χ3n) is 2.39. The minimum atomic E-state index is -0.535. The Morgan fingerprint density at radius 2 is 1.94 bits per heavy atom. The van der Waals surface area contributed by atoms with E-state index in [1.807, 2.05) is 42.5 Å². The van der Waals surface area contributed by atoms with Crippen molar-refractivity contribution in [3.05, 3.63) is 42.5 Å². The summed E-state index contributed by atoms with van der Waals surface area (Å²) in [5.41, 5.74) is 4.94. The third kappa shape index (κ3) is 3.11. The lowest BCUT2D eigenvalue weighted by atomic mass is 10.1. The van der Waals surface area contributed by atoms with Crippen LogP contribution < -0.4 is 15.8 Å². The van der Waals surface area contributed by atoms with Gasteiger partial charge in [0.05, 0.1) is 6.54 Å². The summed E-state index contributed by atoms with van der Waals surface area (Å²) < 4.78 is 5.49. The number of hydrogen-bond acceptors (Lipinski definition) is 2. The molecule has 0 bridgehead atoms.